The van der Waals surface area contributed by atoms with E-state index in [1.54, 1.807) is 0 Å². The monoisotopic (exact) mass is 169 g/mol. The topological polar surface area (TPSA) is 23.5 Å². The summed E-state index contributed by atoms with van der Waals surface area (Å²) in [6, 6.07) is 0. The molecule has 0 aromatic carbocycles. The Morgan fingerprint density at radius 1 is 1.33 bits per heavy atom. The average molecular weight is 169 g/mol. The number of aliphatic hydroxyl groups excluding tert-OH is 1. The van der Waals surface area contributed by atoms with E-state index in [9.17, 15) is 0 Å². The predicted octanol–water partition coefficient (Wildman–Crippen LogP) is 1.41. The Kier molecular flexibility index (Phi) is 4.33. The minimum Gasteiger partial charge on any atom is -0.392 e. The second kappa shape index (κ2) is 5.33. The molecule has 1 heterocycles. The molecule has 2 heteroatoms. The van der Waals surface area contributed by atoms with Gasteiger partial charge in [-0.25, -0.2) is 0 Å². The van der Waals surface area contributed by atoms with Crippen molar-refractivity contribution < 1.29 is 5.11 Å². The highest BCUT2D eigenvalue weighted by Crippen LogP contribution is 2.10. The van der Waals surface area contributed by atoms with E-state index < -0.39 is 0 Å². The van der Waals surface area contributed by atoms with Gasteiger partial charge in [0.05, 0.1) is 6.61 Å². The van der Waals surface area contributed by atoms with Crippen molar-refractivity contribution in [3.63, 3.8) is 0 Å². The lowest BCUT2D eigenvalue weighted by atomic mass is 10.1. The van der Waals surface area contributed by atoms with Gasteiger partial charge in [0.15, 0.2) is 0 Å². The molecule has 2 nitrogen and oxygen atoms in total. The molecule has 0 aromatic rings. The van der Waals surface area contributed by atoms with E-state index in [-0.39, 0.29) is 6.61 Å². The maximum Gasteiger partial charge on any atom is 0.0615 e. The summed E-state index contributed by atoms with van der Waals surface area (Å²) in [7, 11) is 0. The fraction of sp³-hybridized carbons (Fsp3) is 0.800. The molecular formula is C10H19NO. The zero-order valence-electron chi connectivity index (χ0n) is 7.92. The lowest BCUT2D eigenvalue weighted by molar-refractivity contribution is 0.245. The van der Waals surface area contributed by atoms with Crippen LogP contribution in [0.25, 0.3) is 0 Å². The third kappa shape index (κ3) is 3.37. The van der Waals surface area contributed by atoms with Gasteiger partial charge in [-0.05, 0) is 32.9 Å². The van der Waals surface area contributed by atoms with Gasteiger partial charge in [-0.3, -0.25) is 4.90 Å². The SMILES string of the molecule is CC(=CCO)CN1CCCCC1. The van der Waals surface area contributed by atoms with Crippen LogP contribution in [0, 0.1) is 0 Å². The molecule has 1 aliphatic heterocycles. The highest BCUT2D eigenvalue weighted by molar-refractivity contribution is 5.00. The first kappa shape index (κ1) is 9.75. The van der Waals surface area contributed by atoms with Crippen molar-refractivity contribution in [1.82, 2.24) is 4.90 Å². The van der Waals surface area contributed by atoms with Gasteiger partial charge in [0, 0.05) is 6.54 Å². The van der Waals surface area contributed by atoms with Crippen LogP contribution in [0.2, 0.25) is 0 Å². The minimum absolute atomic E-state index is 0.180. The molecule has 0 spiro atoms. The van der Waals surface area contributed by atoms with Crippen LogP contribution in [0.15, 0.2) is 11.6 Å². The summed E-state index contributed by atoms with van der Waals surface area (Å²) in [5.41, 5.74) is 1.29. The molecule has 0 atom stereocenters. The first-order valence-corrected chi connectivity index (χ1v) is 4.82. The summed E-state index contributed by atoms with van der Waals surface area (Å²) in [5, 5.41) is 8.67. The third-order valence-electron chi connectivity index (χ3n) is 2.36. The average Bonchev–Trinajstić information content (AvgIpc) is 2.06. The van der Waals surface area contributed by atoms with Crippen molar-refractivity contribution in [2.45, 2.75) is 26.2 Å². The van der Waals surface area contributed by atoms with E-state index in [4.69, 9.17) is 5.11 Å². The van der Waals surface area contributed by atoms with Gasteiger partial charge in [-0.2, -0.15) is 0 Å². The van der Waals surface area contributed by atoms with Crippen LogP contribution in [-0.2, 0) is 0 Å². The standard InChI is InChI=1S/C10H19NO/c1-10(5-8-12)9-11-6-3-2-4-7-11/h5,12H,2-4,6-9H2,1H3. The van der Waals surface area contributed by atoms with Crippen molar-refractivity contribution in [2.75, 3.05) is 26.2 Å². The molecule has 0 bridgehead atoms. The molecule has 0 unspecified atom stereocenters. The number of nitrogens with zero attached hydrogens (tertiary/aromatic N) is 1. The summed E-state index contributed by atoms with van der Waals surface area (Å²) in [6.07, 6.45) is 5.96. The lowest BCUT2D eigenvalue weighted by Gasteiger charge is -2.26. The first-order chi connectivity index (χ1) is 5.83. The van der Waals surface area contributed by atoms with Crippen molar-refractivity contribution in [1.29, 1.82) is 0 Å². The number of likely N-dealkylation sites (tertiary alicyclic amines) is 1. The van der Waals surface area contributed by atoms with Crippen LogP contribution >= 0.6 is 0 Å². The zero-order chi connectivity index (χ0) is 8.81. The molecule has 70 valence electrons. The molecule has 0 saturated carbocycles. The first-order valence-electron chi connectivity index (χ1n) is 4.82. The second-order valence-corrected chi connectivity index (χ2v) is 3.57. The van der Waals surface area contributed by atoms with Crippen LogP contribution in [-0.4, -0.2) is 36.2 Å². The molecule has 1 N–H and O–H groups in total. The van der Waals surface area contributed by atoms with Crippen molar-refractivity contribution in [3.05, 3.63) is 11.6 Å². The summed E-state index contributed by atoms with van der Waals surface area (Å²) in [6.45, 7) is 5.78. The van der Waals surface area contributed by atoms with Gasteiger partial charge >= 0.3 is 0 Å². The van der Waals surface area contributed by atoms with Crippen LogP contribution in [0.3, 0.4) is 0 Å². The molecule has 1 aliphatic rings. The maximum atomic E-state index is 8.67. The van der Waals surface area contributed by atoms with Crippen LogP contribution in [0.5, 0.6) is 0 Å². The number of rotatable bonds is 3. The molecule has 0 aromatic heterocycles. The fourth-order valence-corrected chi connectivity index (χ4v) is 1.69. The summed E-state index contributed by atoms with van der Waals surface area (Å²) in [5.74, 6) is 0. The van der Waals surface area contributed by atoms with E-state index in [0.717, 1.165) is 6.54 Å². The van der Waals surface area contributed by atoms with Gasteiger partial charge in [0.1, 0.15) is 0 Å². The number of piperidine rings is 1. The van der Waals surface area contributed by atoms with Crippen LogP contribution in [0.1, 0.15) is 26.2 Å². The summed E-state index contributed by atoms with van der Waals surface area (Å²) in [4.78, 5) is 2.46. The van der Waals surface area contributed by atoms with Crippen molar-refractivity contribution in [3.8, 4) is 0 Å². The Labute approximate surface area is 74.9 Å². The molecule has 0 amide bonds. The Balaban J connectivity index is 2.24. The van der Waals surface area contributed by atoms with Crippen LogP contribution in [0.4, 0.5) is 0 Å². The highest BCUT2D eigenvalue weighted by atomic mass is 16.2. The van der Waals surface area contributed by atoms with E-state index >= 15 is 0 Å². The summed E-state index contributed by atoms with van der Waals surface area (Å²) >= 11 is 0. The van der Waals surface area contributed by atoms with Gasteiger partial charge < -0.3 is 5.11 Å². The van der Waals surface area contributed by atoms with E-state index in [2.05, 4.69) is 11.8 Å². The summed E-state index contributed by atoms with van der Waals surface area (Å²) < 4.78 is 0. The third-order valence-corrected chi connectivity index (χ3v) is 2.36. The minimum atomic E-state index is 0.180. The lowest BCUT2D eigenvalue weighted by Crippen LogP contribution is -2.31. The molecule has 0 aliphatic carbocycles. The molecule has 1 fully saturated rings. The second-order valence-electron chi connectivity index (χ2n) is 3.57. The van der Waals surface area contributed by atoms with E-state index in [1.165, 1.54) is 37.9 Å². The fourth-order valence-electron chi connectivity index (χ4n) is 1.69. The van der Waals surface area contributed by atoms with Crippen molar-refractivity contribution >= 4 is 0 Å². The normalized spacial score (nSPS) is 21.3. The molecule has 0 radical (unpaired) electrons. The number of aliphatic hydroxyl groups is 1. The number of hydrogen-bond donors (Lipinski definition) is 1. The smallest absolute Gasteiger partial charge is 0.0615 e. The molecule has 1 saturated heterocycles. The maximum absolute atomic E-state index is 8.67. The molecular weight excluding hydrogens is 150 g/mol. The van der Waals surface area contributed by atoms with E-state index in [0.29, 0.717) is 0 Å². The van der Waals surface area contributed by atoms with Crippen molar-refractivity contribution in [2.24, 2.45) is 0 Å². The largest absolute Gasteiger partial charge is 0.392 e. The van der Waals surface area contributed by atoms with E-state index in [1.807, 2.05) is 6.08 Å². The van der Waals surface area contributed by atoms with Gasteiger partial charge in [-0.1, -0.05) is 18.1 Å². The van der Waals surface area contributed by atoms with Gasteiger partial charge in [-0.15, -0.1) is 0 Å². The Hall–Kier alpha value is -0.340. The Morgan fingerprint density at radius 2 is 2.00 bits per heavy atom. The number of hydrogen-bond acceptors (Lipinski definition) is 2. The van der Waals surface area contributed by atoms with Gasteiger partial charge in [0.25, 0.3) is 0 Å². The predicted molar refractivity (Wildman–Crippen MR) is 51.1 cm³/mol. The molecule has 1 rings (SSSR count). The highest BCUT2D eigenvalue weighted by Gasteiger charge is 2.09. The Bertz CT molecular complexity index is 148. The van der Waals surface area contributed by atoms with Crippen LogP contribution < -0.4 is 0 Å². The zero-order valence-corrected chi connectivity index (χ0v) is 7.92. The molecule has 12 heavy (non-hydrogen) atoms. The quantitative estimate of drug-likeness (QED) is 0.646. The van der Waals surface area contributed by atoms with Gasteiger partial charge in [0.2, 0.25) is 0 Å². The Morgan fingerprint density at radius 3 is 2.58 bits per heavy atom.